The molecule has 4 heterocycles. The first kappa shape index (κ1) is 41.2. The maximum Gasteiger partial charge on any atom is 0.259 e. The van der Waals surface area contributed by atoms with E-state index in [-0.39, 0.29) is 31.2 Å². The Balaban J connectivity index is 1.14. The highest BCUT2D eigenvalue weighted by Crippen LogP contribution is 2.46. The van der Waals surface area contributed by atoms with Gasteiger partial charge in [0.15, 0.2) is 5.69 Å². The van der Waals surface area contributed by atoms with E-state index in [0.29, 0.717) is 58.7 Å². The van der Waals surface area contributed by atoms with Crippen LogP contribution in [0.15, 0.2) is 66.1 Å². The Hall–Kier alpha value is -5.53. The van der Waals surface area contributed by atoms with Crippen LogP contribution in [0, 0.1) is 12.5 Å². The zero-order chi connectivity index (χ0) is 42.2. The number of fused-ring (bicyclic) bond motifs is 3. The number of hydrogen-bond acceptors (Lipinski definition) is 11. The fourth-order valence-electron chi connectivity index (χ4n) is 8.07. The molecule has 0 unspecified atom stereocenters. The third-order valence-electron chi connectivity index (χ3n) is 11.8. The fraction of sp³-hybridized carbons (Fsp3) is 0.455. The summed E-state index contributed by atoms with van der Waals surface area (Å²) in [6, 6.07) is 12.5. The summed E-state index contributed by atoms with van der Waals surface area (Å²) in [5.74, 6) is -0.726. The van der Waals surface area contributed by atoms with E-state index >= 15 is 0 Å². The second-order valence-electron chi connectivity index (χ2n) is 16.5. The number of aromatic nitrogens is 2. The second-order valence-corrected chi connectivity index (χ2v) is 19.3. The zero-order valence-electron chi connectivity index (χ0n) is 33.8. The Morgan fingerprint density at radius 3 is 2.67 bits per heavy atom. The number of benzene rings is 2. The molecule has 3 amide bonds. The van der Waals surface area contributed by atoms with Crippen molar-refractivity contribution in [3.63, 3.8) is 0 Å². The molecule has 5 atom stereocenters. The molecule has 3 fully saturated rings. The molecule has 2 aliphatic heterocycles. The lowest BCUT2D eigenvalue weighted by atomic mass is 10.0. The van der Waals surface area contributed by atoms with Gasteiger partial charge in [-0.25, -0.2) is 23.2 Å². The number of carbonyl (C=O) groups is 3. The summed E-state index contributed by atoms with van der Waals surface area (Å²) in [6.45, 7) is 11.7. The third-order valence-corrected chi connectivity index (χ3v) is 14.5. The molecule has 0 bridgehead atoms. The molecule has 0 spiro atoms. The van der Waals surface area contributed by atoms with Crippen LogP contribution in [0.3, 0.4) is 0 Å². The number of nitrogens with zero attached hydrogens (tertiary/aromatic N) is 4. The van der Waals surface area contributed by atoms with Crippen molar-refractivity contribution in [3.05, 3.63) is 83.2 Å². The summed E-state index contributed by atoms with van der Waals surface area (Å²) >= 11 is 1.49. The van der Waals surface area contributed by atoms with E-state index in [9.17, 15) is 22.8 Å². The molecule has 3 N–H and O–H groups in total. The van der Waals surface area contributed by atoms with Crippen molar-refractivity contribution in [3.8, 4) is 22.2 Å². The van der Waals surface area contributed by atoms with Gasteiger partial charge < -0.3 is 25.0 Å². The number of rotatable bonds is 10. The molecule has 16 heteroatoms. The van der Waals surface area contributed by atoms with E-state index in [2.05, 4.69) is 34.0 Å². The molecular formula is C44H49N7O7S2. The SMILES string of the molecule is [C-]#[N+]c1cccc(N[C@H]2CCCCC/C=C\[C@H]3C[C@@]3(C(=O)NS(=O)(=O)C3CC3)NC(=O)[C@@H]3C[C@@H](Oc4cc(-c5nc(C(C)C)cs5)nc5cc(OC)ccc45)CN3C2=O)c1. The molecular weight excluding hydrogens is 803 g/mol. The van der Waals surface area contributed by atoms with Gasteiger partial charge in [0.25, 0.3) is 5.91 Å². The number of hydrogen-bond donors (Lipinski definition) is 3. The Kier molecular flexibility index (Phi) is 11.6. The van der Waals surface area contributed by atoms with Gasteiger partial charge in [-0.15, -0.1) is 11.3 Å². The van der Waals surface area contributed by atoms with Crippen LogP contribution in [0.5, 0.6) is 11.5 Å². The van der Waals surface area contributed by atoms with E-state index in [0.717, 1.165) is 36.4 Å². The topological polar surface area (TPSA) is 173 Å². The lowest BCUT2D eigenvalue weighted by molar-refractivity contribution is -0.140. The summed E-state index contributed by atoms with van der Waals surface area (Å²) < 4.78 is 40.5. The number of allylic oxidation sites excluding steroid dienone is 1. The summed E-state index contributed by atoms with van der Waals surface area (Å²) in [6.07, 6.45) is 8.12. The van der Waals surface area contributed by atoms with Crippen LogP contribution in [0.1, 0.15) is 83.2 Å². The predicted octanol–water partition coefficient (Wildman–Crippen LogP) is 6.87. The zero-order valence-corrected chi connectivity index (χ0v) is 35.5. The van der Waals surface area contributed by atoms with E-state index in [1.807, 2.05) is 41.8 Å². The first-order chi connectivity index (χ1) is 28.9. The number of anilines is 1. The van der Waals surface area contributed by atoms with Gasteiger partial charge in [0, 0.05) is 40.9 Å². The van der Waals surface area contributed by atoms with Crippen molar-refractivity contribution in [2.24, 2.45) is 5.92 Å². The quantitative estimate of drug-likeness (QED) is 0.113. The Morgan fingerprint density at radius 1 is 1.08 bits per heavy atom. The van der Waals surface area contributed by atoms with E-state index in [1.165, 1.54) is 16.2 Å². The number of ether oxygens (including phenoxy) is 2. The number of pyridine rings is 1. The number of nitrogens with one attached hydrogen (secondary N) is 3. The van der Waals surface area contributed by atoms with Crippen LogP contribution in [-0.2, 0) is 24.4 Å². The molecule has 0 radical (unpaired) electrons. The largest absolute Gasteiger partial charge is 0.497 e. The van der Waals surface area contributed by atoms with Crippen molar-refractivity contribution >= 4 is 61.4 Å². The molecule has 2 aliphatic carbocycles. The first-order valence-corrected chi connectivity index (χ1v) is 23.0. The van der Waals surface area contributed by atoms with Crippen LogP contribution in [-0.4, -0.2) is 83.6 Å². The number of sulfonamides is 1. The van der Waals surface area contributed by atoms with Gasteiger partial charge >= 0.3 is 0 Å². The minimum atomic E-state index is -3.89. The summed E-state index contributed by atoms with van der Waals surface area (Å²) in [4.78, 5) is 58.3. The van der Waals surface area contributed by atoms with Crippen molar-refractivity contribution in [2.45, 2.75) is 107 Å². The molecule has 14 nitrogen and oxygen atoms in total. The smallest absolute Gasteiger partial charge is 0.259 e. The van der Waals surface area contributed by atoms with Gasteiger partial charge in [-0.1, -0.05) is 51.0 Å². The predicted molar refractivity (Wildman–Crippen MR) is 229 cm³/mol. The van der Waals surface area contributed by atoms with Crippen LogP contribution in [0.2, 0.25) is 0 Å². The molecule has 314 valence electrons. The summed E-state index contributed by atoms with van der Waals surface area (Å²) in [5.41, 5.74) is 1.73. The van der Waals surface area contributed by atoms with Crippen molar-refractivity contribution < 1.29 is 32.3 Å². The number of thiazole rings is 1. The number of methoxy groups -OCH3 is 1. The molecule has 8 rings (SSSR count). The molecule has 2 aromatic carbocycles. The molecule has 2 aromatic heterocycles. The monoisotopic (exact) mass is 851 g/mol. The van der Waals surface area contributed by atoms with Crippen molar-refractivity contribution in [1.82, 2.24) is 24.9 Å². The van der Waals surface area contributed by atoms with Crippen molar-refractivity contribution in [1.29, 1.82) is 0 Å². The van der Waals surface area contributed by atoms with Gasteiger partial charge in [0.1, 0.15) is 45.9 Å². The molecule has 4 aliphatic rings. The number of carbonyl (C=O) groups excluding carboxylic acids is 3. The van der Waals surface area contributed by atoms with E-state index in [4.69, 9.17) is 26.0 Å². The Bertz CT molecular complexity index is 2490. The average Bonchev–Trinajstić information content (AvgIpc) is 4.11. The van der Waals surface area contributed by atoms with E-state index in [1.54, 1.807) is 31.4 Å². The van der Waals surface area contributed by atoms with Crippen LogP contribution in [0.25, 0.3) is 26.4 Å². The van der Waals surface area contributed by atoms with Gasteiger partial charge in [0.05, 0.1) is 36.7 Å². The van der Waals surface area contributed by atoms with Gasteiger partial charge in [-0.05, 0) is 68.7 Å². The van der Waals surface area contributed by atoms with Gasteiger partial charge in [-0.2, -0.15) is 0 Å². The Morgan fingerprint density at radius 2 is 1.92 bits per heavy atom. The van der Waals surface area contributed by atoms with Crippen LogP contribution < -0.4 is 24.8 Å². The van der Waals surface area contributed by atoms with Crippen molar-refractivity contribution in [2.75, 3.05) is 19.0 Å². The average molecular weight is 852 g/mol. The number of amides is 3. The summed E-state index contributed by atoms with van der Waals surface area (Å²) in [7, 11) is -2.31. The normalized spacial score (nSPS) is 25.2. The van der Waals surface area contributed by atoms with Crippen LogP contribution >= 0.6 is 11.3 Å². The Labute approximate surface area is 354 Å². The van der Waals surface area contributed by atoms with E-state index < -0.39 is 56.7 Å². The highest BCUT2D eigenvalue weighted by atomic mass is 32.2. The first-order valence-electron chi connectivity index (χ1n) is 20.6. The van der Waals surface area contributed by atoms with Gasteiger partial charge in [-0.3, -0.25) is 19.1 Å². The molecule has 2 saturated carbocycles. The lowest BCUT2D eigenvalue weighted by Gasteiger charge is -2.30. The molecule has 1 saturated heterocycles. The lowest BCUT2D eigenvalue weighted by Crippen LogP contribution is -2.57. The second kappa shape index (κ2) is 16.8. The summed E-state index contributed by atoms with van der Waals surface area (Å²) in [5, 5.41) is 9.15. The minimum Gasteiger partial charge on any atom is -0.497 e. The third kappa shape index (κ3) is 8.69. The van der Waals surface area contributed by atoms with Crippen LogP contribution in [0.4, 0.5) is 11.4 Å². The van der Waals surface area contributed by atoms with Gasteiger partial charge in [0.2, 0.25) is 21.8 Å². The minimum absolute atomic E-state index is 0.0554. The maximum absolute atomic E-state index is 14.9. The highest BCUT2D eigenvalue weighted by Gasteiger charge is 2.62. The molecule has 4 aromatic rings. The standard InChI is InChI=1S/C44H49N7O7S2/c1-26(2)37-25-59-41(48-37)36-22-39(33-18-15-30(57-4)20-35(33)47-36)58-31-21-38-40(52)49-44(43(54)50-60(55,56)32-16-17-32)23-27(44)11-8-6-5-7-9-14-34(42(53)51(38)24-31)46-29-13-10-12-28(19-29)45-3/h8,10-13,15,18-20,22,25-27,31-32,34,38,46H,5-7,9,14,16-17,21,23-24H2,1-2,4H3,(H,49,52)(H,50,54)/b11-8-/t27-,31+,34-,38-,44+/m0/s1. The molecule has 60 heavy (non-hydrogen) atoms. The maximum atomic E-state index is 14.9. The highest BCUT2D eigenvalue weighted by molar-refractivity contribution is 7.91. The fourth-order valence-corrected chi connectivity index (χ4v) is 10.4.